The van der Waals surface area contributed by atoms with Crippen LogP contribution >= 0.6 is 21.6 Å². The maximum Gasteiger partial charge on any atom is 0.220 e. The van der Waals surface area contributed by atoms with E-state index in [4.69, 9.17) is 0 Å². The fourth-order valence-corrected chi connectivity index (χ4v) is 5.21. The topological polar surface area (TPSA) is 42.0 Å². The number of carbonyl (C=O) groups excluding carboxylic acids is 1. The van der Waals surface area contributed by atoms with E-state index in [0.717, 1.165) is 23.8 Å². The van der Waals surface area contributed by atoms with Crippen LogP contribution in [0, 0.1) is 0 Å². The van der Waals surface area contributed by atoms with Crippen LogP contribution in [0.5, 0.6) is 0 Å². The summed E-state index contributed by atoms with van der Waals surface area (Å²) >= 11 is 0. The molecular weight excluding hydrogens is 288 g/mol. The van der Waals surface area contributed by atoms with Crippen molar-refractivity contribution in [2.75, 3.05) is 12.3 Å². The van der Waals surface area contributed by atoms with Crippen molar-refractivity contribution in [2.45, 2.75) is 43.8 Å². The van der Waals surface area contributed by atoms with Gasteiger partial charge in [0.1, 0.15) is 0 Å². The number of rotatable bonds is 8. The van der Waals surface area contributed by atoms with Gasteiger partial charge in [-0.3, -0.25) is 9.78 Å². The summed E-state index contributed by atoms with van der Waals surface area (Å²) in [4.78, 5) is 15.9. The van der Waals surface area contributed by atoms with E-state index in [1.807, 2.05) is 39.8 Å². The molecule has 1 unspecified atom stereocenters. The maximum absolute atomic E-state index is 11.7. The summed E-state index contributed by atoms with van der Waals surface area (Å²) in [5, 5.41) is 3.80. The Balaban J connectivity index is 1.48. The lowest BCUT2D eigenvalue weighted by Gasteiger charge is -2.07. The molecule has 1 aromatic heterocycles. The first-order valence-electron chi connectivity index (χ1n) is 7.29. The Kier molecular flexibility index (Phi) is 7.30. The molecule has 1 N–H and O–H groups in total. The van der Waals surface area contributed by atoms with Gasteiger partial charge in [0, 0.05) is 42.3 Å². The Morgan fingerprint density at radius 1 is 1.40 bits per heavy atom. The van der Waals surface area contributed by atoms with Gasteiger partial charge < -0.3 is 5.32 Å². The molecule has 0 aliphatic carbocycles. The van der Waals surface area contributed by atoms with E-state index in [2.05, 4.69) is 10.3 Å². The fourth-order valence-electron chi connectivity index (χ4n) is 2.19. The van der Waals surface area contributed by atoms with Gasteiger partial charge in [0.2, 0.25) is 5.91 Å². The Morgan fingerprint density at radius 3 is 3.10 bits per heavy atom. The molecule has 0 bridgehead atoms. The van der Waals surface area contributed by atoms with Crippen LogP contribution in [-0.2, 0) is 11.2 Å². The minimum absolute atomic E-state index is 0.175. The maximum atomic E-state index is 11.7. The highest BCUT2D eigenvalue weighted by atomic mass is 33.1. The number of nitrogens with zero attached hydrogens (tertiary/aromatic N) is 1. The smallest absolute Gasteiger partial charge is 0.220 e. The average Bonchev–Trinajstić information content (AvgIpc) is 2.98. The van der Waals surface area contributed by atoms with E-state index < -0.39 is 0 Å². The highest BCUT2D eigenvalue weighted by Crippen LogP contribution is 2.39. The molecule has 0 aromatic carbocycles. The zero-order valence-corrected chi connectivity index (χ0v) is 13.3. The largest absolute Gasteiger partial charge is 0.356 e. The molecule has 0 radical (unpaired) electrons. The number of amides is 1. The van der Waals surface area contributed by atoms with E-state index in [1.165, 1.54) is 25.0 Å². The molecule has 2 rings (SSSR count). The summed E-state index contributed by atoms with van der Waals surface area (Å²) in [5.74, 6) is 1.47. The van der Waals surface area contributed by atoms with Crippen LogP contribution in [0.15, 0.2) is 24.4 Å². The molecule has 1 aliphatic heterocycles. The van der Waals surface area contributed by atoms with Crippen molar-refractivity contribution in [2.24, 2.45) is 0 Å². The summed E-state index contributed by atoms with van der Waals surface area (Å²) in [7, 11) is 4.01. The summed E-state index contributed by atoms with van der Waals surface area (Å²) in [6.45, 7) is 0.685. The second-order valence-corrected chi connectivity index (χ2v) is 7.78. The van der Waals surface area contributed by atoms with Crippen LogP contribution in [0.4, 0.5) is 0 Å². The van der Waals surface area contributed by atoms with Crippen molar-refractivity contribution in [3.05, 3.63) is 30.1 Å². The van der Waals surface area contributed by atoms with Gasteiger partial charge in [-0.1, -0.05) is 34.1 Å². The lowest BCUT2D eigenvalue weighted by molar-refractivity contribution is -0.121. The van der Waals surface area contributed by atoms with Gasteiger partial charge in [-0.2, -0.15) is 0 Å². The first-order valence-corrected chi connectivity index (χ1v) is 9.67. The van der Waals surface area contributed by atoms with Crippen LogP contribution in [0.3, 0.4) is 0 Å². The molecule has 5 heteroatoms. The van der Waals surface area contributed by atoms with Crippen molar-refractivity contribution < 1.29 is 4.79 Å². The zero-order chi connectivity index (χ0) is 14.0. The molecule has 1 atom stereocenters. The summed E-state index contributed by atoms with van der Waals surface area (Å²) in [6, 6.07) is 5.87. The molecular formula is C15H22N2OS2. The standard InChI is InChI=1S/C15H22N2OS2/c18-15(7-2-1-6-14-9-12-19-20-14)17-11-8-13-5-3-4-10-16-13/h3-5,10,14H,1-2,6-9,11-12H2,(H,17,18). The second-order valence-electron chi connectivity index (χ2n) is 5.00. The number of hydrogen-bond acceptors (Lipinski definition) is 4. The minimum atomic E-state index is 0.175. The fraction of sp³-hybridized carbons (Fsp3) is 0.600. The Bertz CT molecular complexity index is 394. The molecule has 1 saturated heterocycles. The van der Waals surface area contributed by atoms with Crippen molar-refractivity contribution in [3.8, 4) is 0 Å². The summed E-state index contributed by atoms with van der Waals surface area (Å²) in [6.07, 6.45) is 8.04. The SMILES string of the molecule is O=C(CCCCC1CCSS1)NCCc1ccccn1. The third-order valence-corrected chi connectivity index (χ3v) is 6.34. The normalized spacial score (nSPS) is 18.1. The number of hydrogen-bond donors (Lipinski definition) is 1. The van der Waals surface area contributed by atoms with Gasteiger partial charge in [0.25, 0.3) is 0 Å². The summed E-state index contributed by atoms with van der Waals surface area (Å²) in [5.41, 5.74) is 1.03. The monoisotopic (exact) mass is 310 g/mol. The third-order valence-electron chi connectivity index (χ3n) is 3.34. The molecule has 1 amide bonds. The van der Waals surface area contributed by atoms with Gasteiger partial charge in [-0.05, 0) is 31.4 Å². The van der Waals surface area contributed by atoms with Gasteiger partial charge in [-0.15, -0.1) is 0 Å². The lowest BCUT2D eigenvalue weighted by Crippen LogP contribution is -2.25. The van der Waals surface area contributed by atoms with Crippen LogP contribution in [0.2, 0.25) is 0 Å². The highest BCUT2D eigenvalue weighted by molar-refractivity contribution is 8.77. The van der Waals surface area contributed by atoms with Crippen molar-refractivity contribution in [3.63, 3.8) is 0 Å². The molecule has 0 saturated carbocycles. The van der Waals surface area contributed by atoms with Crippen LogP contribution in [0.25, 0.3) is 0 Å². The summed E-state index contributed by atoms with van der Waals surface area (Å²) < 4.78 is 0. The van der Waals surface area contributed by atoms with E-state index in [-0.39, 0.29) is 5.91 Å². The minimum Gasteiger partial charge on any atom is -0.356 e. The molecule has 1 fully saturated rings. The number of carbonyl (C=O) groups is 1. The average molecular weight is 310 g/mol. The van der Waals surface area contributed by atoms with Crippen LogP contribution < -0.4 is 5.32 Å². The quantitative estimate of drug-likeness (QED) is 0.590. The lowest BCUT2D eigenvalue weighted by atomic mass is 10.1. The van der Waals surface area contributed by atoms with Gasteiger partial charge in [0.05, 0.1) is 0 Å². The predicted molar refractivity (Wildman–Crippen MR) is 87.9 cm³/mol. The molecule has 20 heavy (non-hydrogen) atoms. The van der Waals surface area contributed by atoms with E-state index in [1.54, 1.807) is 6.20 Å². The van der Waals surface area contributed by atoms with Crippen molar-refractivity contribution >= 4 is 27.5 Å². The number of aromatic nitrogens is 1. The molecule has 1 aromatic rings. The van der Waals surface area contributed by atoms with Gasteiger partial charge in [0.15, 0.2) is 0 Å². The predicted octanol–water partition coefficient (Wildman–Crippen LogP) is 3.45. The third kappa shape index (κ3) is 6.18. The molecule has 3 nitrogen and oxygen atoms in total. The molecule has 2 heterocycles. The highest BCUT2D eigenvalue weighted by Gasteiger charge is 2.15. The first-order chi connectivity index (χ1) is 9.84. The second kappa shape index (κ2) is 9.29. The van der Waals surface area contributed by atoms with Crippen LogP contribution in [0.1, 0.15) is 37.8 Å². The number of pyridine rings is 1. The molecule has 110 valence electrons. The van der Waals surface area contributed by atoms with Crippen LogP contribution in [-0.4, -0.2) is 28.4 Å². The first kappa shape index (κ1) is 15.7. The molecule has 1 aliphatic rings. The van der Waals surface area contributed by atoms with Gasteiger partial charge >= 0.3 is 0 Å². The van der Waals surface area contributed by atoms with Crippen molar-refractivity contribution in [1.29, 1.82) is 0 Å². The molecule has 0 spiro atoms. The Morgan fingerprint density at radius 2 is 2.35 bits per heavy atom. The number of nitrogens with one attached hydrogen (secondary N) is 1. The Hall–Kier alpha value is -0.680. The number of unbranched alkanes of at least 4 members (excludes halogenated alkanes) is 1. The van der Waals surface area contributed by atoms with Gasteiger partial charge in [-0.25, -0.2) is 0 Å². The zero-order valence-electron chi connectivity index (χ0n) is 11.7. The van der Waals surface area contributed by atoms with Crippen molar-refractivity contribution in [1.82, 2.24) is 10.3 Å². The van der Waals surface area contributed by atoms with E-state index in [0.29, 0.717) is 13.0 Å². The van der Waals surface area contributed by atoms with E-state index >= 15 is 0 Å². The van der Waals surface area contributed by atoms with E-state index in [9.17, 15) is 4.79 Å². The Labute approximate surface area is 129 Å².